The van der Waals surface area contributed by atoms with E-state index in [4.69, 9.17) is 9.47 Å². The van der Waals surface area contributed by atoms with E-state index in [0.717, 1.165) is 16.3 Å². The van der Waals surface area contributed by atoms with Crippen molar-refractivity contribution in [2.75, 3.05) is 13.2 Å². The molecular weight excluding hydrogens is 280 g/mol. The van der Waals surface area contributed by atoms with Crippen molar-refractivity contribution in [2.24, 2.45) is 0 Å². The lowest BCUT2D eigenvalue weighted by Crippen LogP contribution is -2.15. The molecule has 2 aromatic carbocycles. The standard InChI is InChI=1S/C18H18O4/c1-13(2)18(20)22-10-9-21-17(19)12-14-7-8-15-5-3-4-6-16(15)11-14/h3-8,11H,1,9-10,12H2,2H3. The molecule has 0 fully saturated rings. The van der Waals surface area contributed by atoms with Crippen LogP contribution < -0.4 is 0 Å². The van der Waals surface area contributed by atoms with Gasteiger partial charge in [0, 0.05) is 5.57 Å². The zero-order chi connectivity index (χ0) is 15.9. The van der Waals surface area contributed by atoms with Gasteiger partial charge in [-0.15, -0.1) is 0 Å². The molecule has 0 bridgehead atoms. The van der Waals surface area contributed by atoms with Gasteiger partial charge in [0.25, 0.3) is 0 Å². The quantitative estimate of drug-likeness (QED) is 0.467. The lowest BCUT2D eigenvalue weighted by molar-refractivity contribution is -0.149. The van der Waals surface area contributed by atoms with Crippen molar-refractivity contribution >= 4 is 22.7 Å². The van der Waals surface area contributed by atoms with Crippen LogP contribution in [0.1, 0.15) is 12.5 Å². The molecule has 114 valence electrons. The van der Waals surface area contributed by atoms with Gasteiger partial charge < -0.3 is 9.47 Å². The molecule has 2 rings (SSSR count). The van der Waals surface area contributed by atoms with Gasteiger partial charge in [0.05, 0.1) is 6.42 Å². The molecule has 0 aromatic heterocycles. The van der Waals surface area contributed by atoms with E-state index in [9.17, 15) is 9.59 Å². The van der Waals surface area contributed by atoms with Gasteiger partial charge in [-0.3, -0.25) is 4.79 Å². The van der Waals surface area contributed by atoms with Gasteiger partial charge in [-0.1, -0.05) is 49.0 Å². The molecule has 0 N–H and O–H groups in total. The molecule has 0 spiro atoms. The summed E-state index contributed by atoms with van der Waals surface area (Å²) in [5.41, 5.74) is 1.21. The van der Waals surface area contributed by atoms with Crippen LogP contribution in [0.3, 0.4) is 0 Å². The van der Waals surface area contributed by atoms with E-state index in [2.05, 4.69) is 6.58 Å². The maximum Gasteiger partial charge on any atom is 0.333 e. The second kappa shape index (κ2) is 7.41. The number of fused-ring (bicyclic) bond motifs is 1. The zero-order valence-corrected chi connectivity index (χ0v) is 12.5. The Morgan fingerprint density at radius 2 is 1.68 bits per heavy atom. The third-order valence-corrected chi connectivity index (χ3v) is 3.09. The largest absolute Gasteiger partial charge is 0.462 e. The maximum atomic E-state index is 11.7. The predicted molar refractivity (Wildman–Crippen MR) is 84.4 cm³/mol. The van der Waals surface area contributed by atoms with Crippen molar-refractivity contribution in [1.82, 2.24) is 0 Å². The summed E-state index contributed by atoms with van der Waals surface area (Å²) in [4.78, 5) is 22.9. The van der Waals surface area contributed by atoms with Crippen molar-refractivity contribution in [1.29, 1.82) is 0 Å². The first-order valence-electron chi connectivity index (χ1n) is 7.02. The Bertz CT molecular complexity index is 703. The number of ether oxygens (including phenoxy) is 2. The number of rotatable bonds is 6. The zero-order valence-electron chi connectivity index (χ0n) is 12.5. The van der Waals surface area contributed by atoms with Gasteiger partial charge in [-0.05, 0) is 23.3 Å². The topological polar surface area (TPSA) is 52.6 Å². The number of hydrogen-bond acceptors (Lipinski definition) is 4. The highest BCUT2D eigenvalue weighted by atomic mass is 16.6. The van der Waals surface area contributed by atoms with Crippen molar-refractivity contribution in [3.63, 3.8) is 0 Å². The Morgan fingerprint density at radius 3 is 2.41 bits per heavy atom. The van der Waals surface area contributed by atoms with Crippen LogP contribution >= 0.6 is 0 Å². The third kappa shape index (κ3) is 4.45. The Labute approximate surface area is 129 Å². The van der Waals surface area contributed by atoms with E-state index in [-0.39, 0.29) is 25.6 Å². The molecule has 0 aliphatic carbocycles. The first-order chi connectivity index (χ1) is 10.6. The summed E-state index contributed by atoms with van der Waals surface area (Å²) in [5.74, 6) is -0.827. The summed E-state index contributed by atoms with van der Waals surface area (Å²) in [6.07, 6.45) is 0.194. The Kier molecular flexibility index (Phi) is 5.31. The Morgan fingerprint density at radius 1 is 1.00 bits per heavy atom. The number of hydrogen-bond donors (Lipinski definition) is 0. The fraction of sp³-hybridized carbons (Fsp3) is 0.222. The minimum atomic E-state index is -0.481. The van der Waals surface area contributed by atoms with Crippen molar-refractivity contribution in [3.05, 3.63) is 60.2 Å². The predicted octanol–water partition coefficient (Wildman–Crippen LogP) is 3.04. The molecule has 2 aromatic rings. The SMILES string of the molecule is C=C(C)C(=O)OCCOC(=O)Cc1ccc2ccccc2c1. The van der Waals surface area contributed by atoms with Gasteiger partial charge in [0.2, 0.25) is 0 Å². The summed E-state index contributed by atoms with van der Waals surface area (Å²) >= 11 is 0. The highest BCUT2D eigenvalue weighted by Crippen LogP contribution is 2.16. The molecule has 22 heavy (non-hydrogen) atoms. The van der Waals surface area contributed by atoms with E-state index in [1.165, 1.54) is 0 Å². The second-order valence-corrected chi connectivity index (χ2v) is 4.99. The number of carbonyl (C=O) groups is 2. The fourth-order valence-electron chi connectivity index (χ4n) is 1.98. The molecule has 0 heterocycles. The lowest BCUT2D eigenvalue weighted by Gasteiger charge is -2.07. The van der Waals surface area contributed by atoms with Crippen LogP contribution in [0.4, 0.5) is 0 Å². The summed E-state index contributed by atoms with van der Waals surface area (Å²) in [7, 11) is 0. The molecule has 0 aliphatic rings. The van der Waals surface area contributed by atoms with Crippen molar-refractivity contribution in [3.8, 4) is 0 Å². The molecule has 0 atom stereocenters. The van der Waals surface area contributed by atoms with Gasteiger partial charge >= 0.3 is 11.9 Å². The molecule has 0 radical (unpaired) electrons. The highest BCUT2D eigenvalue weighted by Gasteiger charge is 2.07. The molecule has 0 aliphatic heterocycles. The fourth-order valence-corrected chi connectivity index (χ4v) is 1.98. The summed E-state index contributed by atoms with van der Waals surface area (Å²) < 4.78 is 9.89. The first kappa shape index (κ1) is 15.8. The van der Waals surface area contributed by atoms with Crippen LogP contribution in [-0.4, -0.2) is 25.2 Å². The highest BCUT2D eigenvalue weighted by molar-refractivity contribution is 5.87. The van der Waals surface area contributed by atoms with E-state index >= 15 is 0 Å². The molecule has 0 saturated carbocycles. The lowest BCUT2D eigenvalue weighted by atomic mass is 10.1. The van der Waals surface area contributed by atoms with Crippen LogP contribution in [0.2, 0.25) is 0 Å². The monoisotopic (exact) mass is 298 g/mol. The molecule has 4 nitrogen and oxygen atoms in total. The molecule has 0 amide bonds. The van der Waals surface area contributed by atoms with E-state index in [1.807, 2.05) is 42.5 Å². The van der Waals surface area contributed by atoms with Crippen LogP contribution in [0.25, 0.3) is 10.8 Å². The van der Waals surface area contributed by atoms with E-state index in [1.54, 1.807) is 6.92 Å². The van der Waals surface area contributed by atoms with Crippen LogP contribution in [0.5, 0.6) is 0 Å². The van der Waals surface area contributed by atoms with Gasteiger partial charge in [0.1, 0.15) is 13.2 Å². The minimum absolute atomic E-state index is 0.0369. The minimum Gasteiger partial charge on any atom is -0.462 e. The van der Waals surface area contributed by atoms with Gasteiger partial charge in [-0.2, -0.15) is 0 Å². The molecule has 4 heteroatoms. The average Bonchev–Trinajstić information content (AvgIpc) is 2.51. The average molecular weight is 298 g/mol. The number of carbonyl (C=O) groups excluding carboxylic acids is 2. The summed E-state index contributed by atoms with van der Waals surface area (Å²) in [5, 5.41) is 2.22. The Hall–Kier alpha value is -2.62. The Balaban J connectivity index is 1.81. The van der Waals surface area contributed by atoms with Gasteiger partial charge in [-0.25, -0.2) is 4.79 Å². The van der Waals surface area contributed by atoms with E-state index < -0.39 is 5.97 Å². The van der Waals surface area contributed by atoms with Crippen LogP contribution in [0, 0.1) is 0 Å². The van der Waals surface area contributed by atoms with Crippen molar-refractivity contribution < 1.29 is 19.1 Å². The summed E-state index contributed by atoms with van der Waals surface area (Å²) in [6, 6.07) is 13.8. The number of esters is 2. The van der Waals surface area contributed by atoms with Gasteiger partial charge in [0.15, 0.2) is 0 Å². The molecular formula is C18H18O4. The smallest absolute Gasteiger partial charge is 0.333 e. The normalized spacial score (nSPS) is 10.2. The second-order valence-electron chi connectivity index (χ2n) is 4.99. The number of benzene rings is 2. The maximum absolute atomic E-state index is 11.7. The third-order valence-electron chi connectivity index (χ3n) is 3.09. The summed E-state index contributed by atoms with van der Waals surface area (Å²) in [6.45, 7) is 5.11. The van der Waals surface area contributed by atoms with Crippen LogP contribution in [-0.2, 0) is 25.5 Å². The first-order valence-corrected chi connectivity index (χ1v) is 7.02. The molecule has 0 unspecified atom stereocenters. The molecule has 0 saturated heterocycles. The van der Waals surface area contributed by atoms with Crippen molar-refractivity contribution in [2.45, 2.75) is 13.3 Å². The van der Waals surface area contributed by atoms with E-state index in [0.29, 0.717) is 5.57 Å². The van der Waals surface area contributed by atoms with Crippen LogP contribution in [0.15, 0.2) is 54.6 Å².